The number of hydrogen-bond acceptors (Lipinski definition) is 5. The topological polar surface area (TPSA) is 67.7 Å². The van der Waals surface area contributed by atoms with Gasteiger partial charge in [0.2, 0.25) is 5.95 Å². The van der Waals surface area contributed by atoms with Gasteiger partial charge in [0, 0.05) is 17.8 Å². The zero-order valence-corrected chi connectivity index (χ0v) is 13.4. The molecule has 1 aliphatic heterocycles. The van der Waals surface area contributed by atoms with E-state index in [0.717, 1.165) is 30.6 Å². The molecule has 0 saturated carbocycles. The number of hydrogen-bond donors (Lipinski definition) is 2. The molecule has 6 nitrogen and oxygen atoms in total. The number of aromatic nitrogens is 4. The SMILES string of the molecule is FC(F)(F)Cn1cc(-c2nc(NC3CCNCC3)ncc2Cl)cn1. The van der Waals surface area contributed by atoms with Gasteiger partial charge in [-0.3, -0.25) is 4.68 Å². The lowest BCUT2D eigenvalue weighted by Crippen LogP contribution is -2.35. The molecular formula is C14H16ClF3N6. The number of anilines is 1. The minimum atomic E-state index is -4.33. The van der Waals surface area contributed by atoms with Crippen LogP contribution in [0.15, 0.2) is 18.6 Å². The molecule has 1 fully saturated rings. The van der Waals surface area contributed by atoms with E-state index >= 15 is 0 Å². The van der Waals surface area contributed by atoms with Crippen LogP contribution < -0.4 is 10.6 Å². The zero-order valence-electron chi connectivity index (χ0n) is 12.6. The molecule has 0 aromatic carbocycles. The summed E-state index contributed by atoms with van der Waals surface area (Å²) < 4.78 is 38.1. The lowest BCUT2D eigenvalue weighted by Gasteiger charge is -2.23. The first-order valence-electron chi connectivity index (χ1n) is 7.50. The van der Waals surface area contributed by atoms with Crippen LogP contribution in [0.3, 0.4) is 0 Å². The smallest absolute Gasteiger partial charge is 0.351 e. The van der Waals surface area contributed by atoms with Gasteiger partial charge in [-0.1, -0.05) is 11.6 Å². The van der Waals surface area contributed by atoms with Crippen molar-refractivity contribution < 1.29 is 13.2 Å². The van der Waals surface area contributed by atoms with E-state index in [0.29, 0.717) is 17.2 Å². The van der Waals surface area contributed by atoms with Crippen molar-refractivity contribution in [3.8, 4) is 11.3 Å². The quantitative estimate of drug-likeness (QED) is 0.877. The Labute approximate surface area is 141 Å². The van der Waals surface area contributed by atoms with Gasteiger partial charge in [-0.15, -0.1) is 0 Å². The van der Waals surface area contributed by atoms with Crippen molar-refractivity contribution >= 4 is 17.5 Å². The second-order valence-corrected chi connectivity index (χ2v) is 6.01. The molecule has 0 bridgehead atoms. The monoisotopic (exact) mass is 360 g/mol. The normalized spacial score (nSPS) is 16.3. The molecule has 24 heavy (non-hydrogen) atoms. The molecule has 2 aromatic heterocycles. The second-order valence-electron chi connectivity index (χ2n) is 5.60. The second kappa shape index (κ2) is 6.94. The number of rotatable bonds is 4. The molecule has 0 radical (unpaired) electrons. The molecule has 0 aliphatic carbocycles. The summed E-state index contributed by atoms with van der Waals surface area (Å²) in [7, 11) is 0. The summed E-state index contributed by atoms with van der Waals surface area (Å²) in [5.74, 6) is 0.407. The molecule has 130 valence electrons. The van der Waals surface area contributed by atoms with Crippen LogP contribution in [0.4, 0.5) is 19.1 Å². The van der Waals surface area contributed by atoms with E-state index in [4.69, 9.17) is 11.6 Å². The Morgan fingerprint density at radius 1 is 1.29 bits per heavy atom. The van der Waals surface area contributed by atoms with Crippen LogP contribution in [0.2, 0.25) is 5.02 Å². The summed E-state index contributed by atoms with van der Waals surface area (Å²) in [6, 6.07) is 0.258. The molecule has 2 N–H and O–H groups in total. The van der Waals surface area contributed by atoms with Gasteiger partial charge in [-0.05, 0) is 25.9 Å². The number of halogens is 4. The standard InChI is InChI=1S/C14H16ClF3N6/c15-11-6-20-13(22-10-1-3-19-4-2-10)23-12(11)9-5-21-24(7-9)8-14(16,17)18/h5-7,10,19H,1-4,8H2,(H,20,22,23). The Kier molecular flexibility index (Phi) is 4.91. The summed E-state index contributed by atoms with van der Waals surface area (Å²) >= 11 is 6.09. The van der Waals surface area contributed by atoms with Crippen molar-refractivity contribution in [3.63, 3.8) is 0 Å². The van der Waals surface area contributed by atoms with Crippen molar-refractivity contribution in [1.82, 2.24) is 25.1 Å². The third-order valence-corrected chi connectivity index (χ3v) is 3.94. The minimum absolute atomic E-state index is 0.258. The maximum Gasteiger partial charge on any atom is 0.408 e. The molecule has 0 spiro atoms. The molecular weight excluding hydrogens is 345 g/mol. The van der Waals surface area contributed by atoms with Gasteiger partial charge in [0.05, 0.1) is 23.1 Å². The van der Waals surface area contributed by atoms with E-state index in [1.807, 2.05) is 0 Å². The van der Waals surface area contributed by atoms with E-state index in [1.165, 1.54) is 18.6 Å². The average Bonchev–Trinajstić information content (AvgIpc) is 2.96. The fourth-order valence-electron chi connectivity index (χ4n) is 2.54. The molecule has 1 saturated heterocycles. The fraction of sp³-hybridized carbons (Fsp3) is 0.500. The van der Waals surface area contributed by atoms with E-state index in [-0.39, 0.29) is 11.1 Å². The average molecular weight is 361 g/mol. The maximum atomic E-state index is 12.4. The van der Waals surface area contributed by atoms with Crippen molar-refractivity contribution in [1.29, 1.82) is 0 Å². The molecule has 0 atom stereocenters. The van der Waals surface area contributed by atoms with Crippen LogP contribution in [0, 0.1) is 0 Å². The predicted molar refractivity (Wildman–Crippen MR) is 83.8 cm³/mol. The number of alkyl halides is 3. The molecule has 0 unspecified atom stereocenters. The van der Waals surface area contributed by atoms with Gasteiger partial charge in [-0.25, -0.2) is 9.97 Å². The Hall–Kier alpha value is -1.87. The Bertz CT molecular complexity index is 696. The minimum Gasteiger partial charge on any atom is -0.351 e. The Morgan fingerprint density at radius 3 is 2.75 bits per heavy atom. The molecule has 10 heteroatoms. The van der Waals surface area contributed by atoms with Gasteiger partial charge in [0.15, 0.2) is 0 Å². The highest BCUT2D eigenvalue weighted by atomic mass is 35.5. The van der Waals surface area contributed by atoms with E-state index in [9.17, 15) is 13.2 Å². The molecule has 1 aliphatic rings. The lowest BCUT2D eigenvalue weighted by atomic mass is 10.1. The largest absolute Gasteiger partial charge is 0.408 e. The molecule has 3 heterocycles. The summed E-state index contributed by atoms with van der Waals surface area (Å²) in [5.41, 5.74) is 0.775. The first-order chi connectivity index (χ1) is 11.4. The lowest BCUT2D eigenvalue weighted by molar-refractivity contribution is -0.142. The van der Waals surface area contributed by atoms with Crippen molar-refractivity contribution in [3.05, 3.63) is 23.6 Å². The first-order valence-corrected chi connectivity index (χ1v) is 7.88. The third kappa shape index (κ3) is 4.35. The Balaban J connectivity index is 1.78. The van der Waals surface area contributed by atoms with E-state index < -0.39 is 12.7 Å². The fourth-order valence-corrected chi connectivity index (χ4v) is 2.74. The van der Waals surface area contributed by atoms with E-state index in [2.05, 4.69) is 25.7 Å². The summed E-state index contributed by atoms with van der Waals surface area (Å²) in [5, 5.41) is 10.5. The third-order valence-electron chi connectivity index (χ3n) is 3.66. The van der Waals surface area contributed by atoms with Gasteiger partial charge < -0.3 is 10.6 Å². The maximum absolute atomic E-state index is 12.4. The van der Waals surface area contributed by atoms with Crippen LogP contribution in [0.25, 0.3) is 11.3 Å². The van der Waals surface area contributed by atoms with Crippen LogP contribution in [-0.2, 0) is 6.54 Å². The molecule has 0 amide bonds. The Morgan fingerprint density at radius 2 is 2.04 bits per heavy atom. The summed E-state index contributed by atoms with van der Waals surface area (Å²) in [6.45, 7) is 0.681. The molecule has 2 aromatic rings. The highest BCUT2D eigenvalue weighted by Crippen LogP contribution is 2.27. The van der Waals surface area contributed by atoms with Crippen LogP contribution in [0.5, 0.6) is 0 Å². The van der Waals surface area contributed by atoms with E-state index in [1.54, 1.807) is 0 Å². The van der Waals surface area contributed by atoms with Gasteiger partial charge in [0.25, 0.3) is 0 Å². The van der Waals surface area contributed by atoms with Crippen molar-refractivity contribution in [2.24, 2.45) is 0 Å². The van der Waals surface area contributed by atoms with Crippen LogP contribution in [-0.4, -0.2) is 45.1 Å². The van der Waals surface area contributed by atoms with Crippen LogP contribution in [0.1, 0.15) is 12.8 Å². The van der Waals surface area contributed by atoms with Crippen molar-refractivity contribution in [2.45, 2.75) is 31.6 Å². The number of piperidine rings is 1. The van der Waals surface area contributed by atoms with Gasteiger partial charge in [-0.2, -0.15) is 18.3 Å². The highest BCUT2D eigenvalue weighted by molar-refractivity contribution is 6.32. The molecule has 3 rings (SSSR count). The predicted octanol–water partition coefficient (Wildman–Crippen LogP) is 2.72. The number of nitrogens with zero attached hydrogens (tertiary/aromatic N) is 4. The zero-order chi connectivity index (χ0) is 17.2. The summed E-state index contributed by atoms with van der Waals surface area (Å²) in [6.07, 6.45) is 1.59. The van der Waals surface area contributed by atoms with Crippen LogP contribution >= 0.6 is 11.6 Å². The highest BCUT2D eigenvalue weighted by Gasteiger charge is 2.28. The van der Waals surface area contributed by atoms with Gasteiger partial charge >= 0.3 is 6.18 Å². The van der Waals surface area contributed by atoms with Crippen molar-refractivity contribution in [2.75, 3.05) is 18.4 Å². The number of nitrogens with one attached hydrogen (secondary N) is 2. The summed E-state index contributed by atoms with van der Waals surface area (Å²) in [4.78, 5) is 8.48. The van der Waals surface area contributed by atoms with Gasteiger partial charge in [0.1, 0.15) is 6.54 Å². The first kappa shape index (κ1) is 17.0.